The summed E-state index contributed by atoms with van der Waals surface area (Å²) in [4.78, 5) is 9.46. The predicted octanol–water partition coefficient (Wildman–Crippen LogP) is 4.34. The molecule has 6 rings (SSSR count). The fraction of sp³-hybridized carbons (Fsp3) is 0.182. The second-order valence-corrected chi connectivity index (χ2v) is 7.67. The molecule has 1 aliphatic rings. The fourth-order valence-corrected chi connectivity index (χ4v) is 4.18. The van der Waals surface area contributed by atoms with Gasteiger partial charge in [0, 0.05) is 24.2 Å². The number of aromatic amines is 1. The Hall–Kier alpha value is -4.15. The minimum absolute atomic E-state index is 0.195. The van der Waals surface area contributed by atoms with Gasteiger partial charge >= 0.3 is 6.01 Å². The first-order chi connectivity index (χ1) is 16.1. The largest absolute Gasteiger partial charge is 0.403 e. The summed E-state index contributed by atoms with van der Waals surface area (Å²) in [5.41, 5.74) is 3.10. The average Bonchev–Trinajstić information content (AvgIpc) is 3.57. The molecule has 1 atom stereocenters. The summed E-state index contributed by atoms with van der Waals surface area (Å²) >= 11 is 0. The van der Waals surface area contributed by atoms with Crippen molar-refractivity contribution in [2.75, 3.05) is 11.4 Å². The Morgan fingerprint density at radius 3 is 2.76 bits per heavy atom. The Balaban J connectivity index is 1.45. The van der Waals surface area contributed by atoms with E-state index in [1.165, 1.54) is 22.7 Å². The van der Waals surface area contributed by atoms with E-state index in [0.717, 1.165) is 5.69 Å². The van der Waals surface area contributed by atoms with Gasteiger partial charge in [0.2, 0.25) is 5.89 Å². The molecule has 0 fully saturated rings. The maximum Gasteiger partial charge on any atom is 0.319 e. The van der Waals surface area contributed by atoms with Gasteiger partial charge in [0.1, 0.15) is 17.6 Å². The quantitative estimate of drug-likeness (QED) is 0.438. The van der Waals surface area contributed by atoms with Gasteiger partial charge in [-0.2, -0.15) is 5.10 Å². The zero-order valence-corrected chi connectivity index (χ0v) is 17.0. The number of rotatable bonds is 4. The topological polar surface area (TPSA) is 88.1 Å². The number of anilines is 1. The molecule has 0 bridgehead atoms. The van der Waals surface area contributed by atoms with Crippen molar-refractivity contribution in [1.82, 2.24) is 29.8 Å². The van der Waals surface area contributed by atoms with Crippen LogP contribution in [0.5, 0.6) is 0 Å². The van der Waals surface area contributed by atoms with Crippen LogP contribution in [0.3, 0.4) is 0 Å². The van der Waals surface area contributed by atoms with Crippen molar-refractivity contribution in [1.29, 1.82) is 0 Å². The van der Waals surface area contributed by atoms with E-state index in [-0.39, 0.29) is 23.4 Å². The third-order valence-corrected chi connectivity index (χ3v) is 5.71. The third-order valence-electron chi connectivity index (χ3n) is 5.71. The molecule has 4 aromatic heterocycles. The number of benzene rings is 1. The molecule has 1 aromatic carbocycles. The van der Waals surface area contributed by atoms with Crippen LogP contribution < -0.4 is 4.90 Å². The van der Waals surface area contributed by atoms with E-state index in [4.69, 9.17) is 4.42 Å². The van der Waals surface area contributed by atoms with Crippen molar-refractivity contribution in [3.8, 4) is 11.5 Å². The number of pyridine rings is 1. The number of fused-ring (bicyclic) bond motifs is 2. The summed E-state index contributed by atoms with van der Waals surface area (Å²) in [6.07, 6.45) is -0.422. The van der Waals surface area contributed by atoms with Crippen LogP contribution in [-0.2, 0) is 6.42 Å². The van der Waals surface area contributed by atoms with Gasteiger partial charge in [0.25, 0.3) is 6.43 Å². The maximum atomic E-state index is 13.5. The van der Waals surface area contributed by atoms with E-state index in [1.54, 1.807) is 36.7 Å². The molecule has 1 N–H and O–H groups in total. The molecule has 33 heavy (non-hydrogen) atoms. The smallest absolute Gasteiger partial charge is 0.319 e. The lowest BCUT2D eigenvalue weighted by molar-refractivity contribution is 0.143. The SMILES string of the molecule is Fc1ccc(-c2nnc(N3CCc4[nH]cnc4C3c3cc4cccc(C(F)F)n4n3)o2)cc1. The number of hydrogen-bond donors (Lipinski definition) is 1. The van der Waals surface area contributed by atoms with E-state index in [1.807, 2.05) is 4.90 Å². The van der Waals surface area contributed by atoms with Gasteiger partial charge in [-0.05, 0) is 42.5 Å². The maximum absolute atomic E-state index is 13.5. The summed E-state index contributed by atoms with van der Waals surface area (Å²) in [6, 6.07) is 11.9. The monoisotopic (exact) mass is 451 g/mol. The molecule has 5 heterocycles. The van der Waals surface area contributed by atoms with Crippen LogP contribution in [0, 0.1) is 5.82 Å². The number of halogens is 3. The van der Waals surface area contributed by atoms with Gasteiger partial charge in [-0.25, -0.2) is 22.7 Å². The van der Waals surface area contributed by atoms with Gasteiger partial charge in [0.15, 0.2) is 0 Å². The molecule has 0 aliphatic carbocycles. The Morgan fingerprint density at radius 2 is 1.94 bits per heavy atom. The molecule has 166 valence electrons. The van der Waals surface area contributed by atoms with Crippen molar-refractivity contribution in [2.24, 2.45) is 0 Å². The normalized spacial score (nSPS) is 16.0. The number of aromatic nitrogens is 6. The highest BCUT2D eigenvalue weighted by Gasteiger charge is 2.36. The summed E-state index contributed by atoms with van der Waals surface area (Å²) < 4.78 is 47.5. The van der Waals surface area contributed by atoms with Crippen molar-refractivity contribution in [2.45, 2.75) is 18.9 Å². The molecule has 8 nitrogen and oxygen atoms in total. The van der Waals surface area contributed by atoms with Crippen LogP contribution in [0.4, 0.5) is 19.2 Å². The molecule has 1 aliphatic heterocycles. The molecule has 1 unspecified atom stereocenters. The number of hydrogen-bond acceptors (Lipinski definition) is 6. The molecule has 11 heteroatoms. The Bertz CT molecular complexity index is 1440. The molecule has 0 saturated carbocycles. The lowest BCUT2D eigenvalue weighted by Gasteiger charge is -2.32. The van der Waals surface area contributed by atoms with Gasteiger partial charge in [-0.1, -0.05) is 11.2 Å². The summed E-state index contributed by atoms with van der Waals surface area (Å²) in [6.45, 7) is 0.514. The Morgan fingerprint density at radius 1 is 1.09 bits per heavy atom. The molecular weight excluding hydrogens is 435 g/mol. The molecule has 0 saturated heterocycles. The predicted molar refractivity (Wildman–Crippen MR) is 111 cm³/mol. The van der Waals surface area contributed by atoms with Crippen LogP contribution in [0.1, 0.15) is 35.2 Å². The summed E-state index contributed by atoms with van der Waals surface area (Å²) in [7, 11) is 0. The number of nitrogens with zero attached hydrogens (tertiary/aromatic N) is 6. The molecular formula is C22H16F3N7O. The van der Waals surface area contributed by atoms with Crippen LogP contribution in [0.15, 0.2) is 59.3 Å². The van der Waals surface area contributed by atoms with Gasteiger partial charge in [0.05, 0.1) is 23.2 Å². The highest BCUT2D eigenvalue weighted by atomic mass is 19.3. The van der Waals surface area contributed by atoms with Gasteiger partial charge < -0.3 is 14.3 Å². The highest BCUT2D eigenvalue weighted by Crippen LogP contribution is 2.37. The minimum atomic E-state index is -2.67. The summed E-state index contributed by atoms with van der Waals surface area (Å²) in [5.74, 6) is -0.123. The average molecular weight is 451 g/mol. The van der Waals surface area contributed by atoms with Crippen molar-refractivity contribution in [3.63, 3.8) is 0 Å². The minimum Gasteiger partial charge on any atom is -0.403 e. The lowest BCUT2D eigenvalue weighted by atomic mass is 10.0. The van der Waals surface area contributed by atoms with E-state index >= 15 is 0 Å². The van der Waals surface area contributed by atoms with Gasteiger partial charge in [-0.15, -0.1) is 5.10 Å². The number of H-pyrrole nitrogens is 1. The first-order valence-electron chi connectivity index (χ1n) is 10.2. The number of imidazole rings is 1. The molecule has 0 amide bonds. The molecule has 0 radical (unpaired) electrons. The Labute approximate surface area is 184 Å². The van der Waals surface area contributed by atoms with Crippen molar-refractivity contribution >= 4 is 11.5 Å². The van der Waals surface area contributed by atoms with E-state index in [9.17, 15) is 13.2 Å². The second-order valence-electron chi connectivity index (χ2n) is 7.67. The van der Waals surface area contributed by atoms with E-state index in [0.29, 0.717) is 35.4 Å². The molecule has 5 aromatic rings. The van der Waals surface area contributed by atoms with Crippen LogP contribution >= 0.6 is 0 Å². The van der Waals surface area contributed by atoms with Crippen LogP contribution in [0.2, 0.25) is 0 Å². The van der Waals surface area contributed by atoms with Crippen molar-refractivity contribution < 1.29 is 17.6 Å². The van der Waals surface area contributed by atoms with E-state index < -0.39 is 12.5 Å². The molecule has 0 spiro atoms. The highest BCUT2D eigenvalue weighted by molar-refractivity contribution is 5.55. The van der Waals surface area contributed by atoms with Crippen molar-refractivity contribution in [3.05, 3.63) is 83.5 Å². The van der Waals surface area contributed by atoms with Gasteiger partial charge in [-0.3, -0.25) is 0 Å². The standard InChI is InChI=1S/C22H16F3N7O/c23-13-6-4-12(5-7-13)21-28-29-22(33-21)31-9-8-15-18(27-11-26-15)19(31)16-10-14-2-1-3-17(20(24)25)32(14)30-16/h1-7,10-11,19-20H,8-9H2,(H,26,27). The fourth-order valence-electron chi connectivity index (χ4n) is 4.18. The lowest BCUT2D eigenvalue weighted by Crippen LogP contribution is -2.37. The van der Waals surface area contributed by atoms with E-state index in [2.05, 4.69) is 25.3 Å². The van der Waals surface area contributed by atoms with Crippen LogP contribution in [0.25, 0.3) is 17.0 Å². The second kappa shape index (κ2) is 7.47. The number of nitrogens with one attached hydrogen (secondary N) is 1. The Kier molecular flexibility index (Phi) is 4.42. The first-order valence-corrected chi connectivity index (χ1v) is 10.2. The first kappa shape index (κ1) is 19.5. The zero-order chi connectivity index (χ0) is 22.5. The van der Waals surface area contributed by atoms with Crippen LogP contribution in [-0.4, -0.2) is 36.3 Å². The third kappa shape index (κ3) is 3.23. The zero-order valence-electron chi connectivity index (χ0n) is 17.0. The number of alkyl halides is 2. The summed E-state index contributed by atoms with van der Waals surface area (Å²) in [5, 5.41) is 12.8.